The lowest BCUT2D eigenvalue weighted by molar-refractivity contribution is -0.129. The molecule has 1 aromatic rings. The number of rotatable bonds is 4. The van der Waals surface area contributed by atoms with Gasteiger partial charge >= 0.3 is 0 Å². The highest BCUT2D eigenvalue weighted by molar-refractivity contribution is 7.89. The first-order valence-electron chi connectivity index (χ1n) is 7.38. The van der Waals surface area contributed by atoms with Crippen LogP contribution in [0.3, 0.4) is 0 Å². The van der Waals surface area contributed by atoms with Gasteiger partial charge in [0.05, 0.1) is 12.9 Å². The highest BCUT2D eigenvalue weighted by atomic mass is 35.5. The summed E-state index contributed by atoms with van der Waals surface area (Å²) in [5, 5.41) is -0.0805. The van der Waals surface area contributed by atoms with Crippen LogP contribution in [0.15, 0.2) is 17.6 Å². The molecule has 8 nitrogen and oxygen atoms in total. The van der Waals surface area contributed by atoms with Crippen molar-refractivity contribution < 1.29 is 13.2 Å². The normalized spacial score (nSPS) is 26.9. The molecule has 130 valence electrons. The van der Waals surface area contributed by atoms with Crippen molar-refractivity contribution in [1.82, 2.24) is 19.2 Å². The monoisotopic (exact) mass is 363 g/mol. The fourth-order valence-corrected chi connectivity index (χ4v) is 4.33. The van der Waals surface area contributed by atoms with Gasteiger partial charge in [-0.25, -0.2) is 18.1 Å². The number of carbonyl (C=O) groups excluding carboxylic acids is 1. The number of hydrogen-bond acceptors (Lipinski definition) is 5. The van der Waals surface area contributed by atoms with Crippen LogP contribution in [0.25, 0.3) is 0 Å². The lowest BCUT2D eigenvalue weighted by atomic mass is 9.98. The summed E-state index contributed by atoms with van der Waals surface area (Å²) in [5.41, 5.74) is 6.04. The second kappa shape index (κ2) is 6.76. The van der Waals surface area contributed by atoms with Crippen molar-refractivity contribution >= 4 is 28.3 Å². The van der Waals surface area contributed by atoms with Crippen LogP contribution < -0.4 is 10.5 Å². The van der Waals surface area contributed by atoms with Crippen LogP contribution in [0.1, 0.15) is 12.8 Å². The molecule has 2 fully saturated rings. The zero-order valence-corrected chi connectivity index (χ0v) is 14.5. The highest BCUT2D eigenvalue weighted by Gasteiger charge is 2.42. The van der Waals surface area contributed by atoms with Crippen LogP contribution in [0.5, 0.6) is 0 Å². The number of sulfonamides is 1. The number of nitrogens with two attached hydrogens (primary N) is 1. The molecule has 0 bridgehead atoms. The SMILES string of the molecule is Cl.Cn1cnc(S(=O)(=O)NCC(=O)N2CC3CCC(N)C3C2)c1. The lowest BCUT2D eigenvalue weighted by Crippen LogP contribution is -2.40. The maximum Gasteiger partial charge on any atom is 0.260 e. The molecule has 3 unspecified atom stereocenters. The first-order chi connectivity index (χ1) is 10.4. The van der Waals surface area contributed by atoms with Gasteiger partial charge in [0.25, 0.3) is 10.0 Å². The maximum absolute atomic E-state index is 12.2. The van der Waals surface area contributed by atoms with E-state index >= 15 is 0 Å². The lowest BCUT2D eigenvalue weighted by Gasteiger charge is -2.18. The van der Waals surface area contributed by atoms with Gasteiger partial charge in [0.1, 0.15) is 0 Å². The van der Waals surface area contributed by atoms with Crippen LogP contribution in [-0.2, 0) is 21.9 Å². The molecule has 0 spiro atoms. The Labute approximate surface area is 141 Å². The number of likely N-dealkylation sites (tertiary alicyclic amines) is 1. The molecule has 3 rings (SSSR count). The quantitative estimate of drug-likeness (QED) is 0.736. The Kier molecular flexibility index (Phi) is 5.34. The molecule has 2 aliphatic rings. The van der Waals surface area contributed by atoms with E-state index in [4.69, 9.17) is 5.73 Å². The fourth-order valence-electron chi connectivity index (χ4n) is 3.38. The number of aryl methyl sites for hydroxylation is 1. The smallest absolute Gasteiger partial charge is 0.260 e. The van der Waals surface area contributed by atoms with Gasteiger partial charge in [-0.15, -0.1) is 12.4 Å². The van der Waals surface area contributed by atoms with Crippen LogP contribution in [-0.4, -0.2) is 54.5 Å². The van der Waals surface area contributed by atoms with E-state index in [0.29, 0.717) is 24.9 Å². The zero-order valence-electron chi connectivity index (χ0n) is 12.9. The molecule has 0 radical (unpaired) electrons. The van der Waals surface area contributed by atoms with Crippen LogP contribution in [0, 0.1) is 11.8 Å². The number of halogens is 1. The largest absolute Gasteiger partial charge is 0.341 e. The molecule has 3 N–H and O–H groups in total. The van der Waals surface area contributed by atoms with Gasteiger partial charge in [-0.2, -0.15) is 0 Å². The minimum atomic E-state index is -3.75. The van der Waals surface area contributed by atoms with Gasteiger partial charge in [-0.05, 0) is 24.7 Å². The summed E-state index contributed by atoms with van der Waals surface area (Å²) in [7, 11) is -2.06. The summed E-state index contributed by atoms with van der Waals surface area (Å²) in [6.07, 6.45) is 4.87. The summed E-state index contributed by atoms with van der Waals surface area (Å²) in [6, 6.07) is 0.160. The van der Waals surface area contributed by atoms with Gasteiger partial charge in [0.2, 0.25) is 5.91 Å². The Morgan fingerprint density at radius 1 is 1.43 bits per heavy atom. The maximum atomic E-state index is 12.2. The number of imidazole rings is 1. The van der Waals surface area contributed by atoms with Gasteiger partial charge < -0.3 is 15.2 Å². The van der Waals surface area contributed by atoms with Gasteiger partial charge in [-0.1, -0.05) is 0 Å². The number of nitrogens with one attached hydrogen (secondary N) is 1. The van der Waals surface area contributed by atoms with E-state index in [1.165, 1.54) is 12.5 Å². The Morgan fingerprint density at radius 3 is 2.78 bits per heavy atom. The molecular formula is C13H22ClN5O3S. The molecule has 3 atom stereocenters. The third kappa shape index (κ3) is 3.68. The topological polar surface area (TPSA) is 110 Å². The molecule has 1 aliphatic heterocycles. The van der Waals surface area contributed by atoms with Gasteiger partial charge in [0.15, 0.2) is 5.03 Å². The first kappa shape index (κ1) is 18.2. The van der Waals surface area contributed by atoms with E-state index in [1.54, 1.807) is 16.5 Å². The van der Waals surface area contributed by atoms with E-state index < -0.39 is 10.0 Å². The number of carbonyl (C=O) groups is 1. The Morgan fingerprint density at radius 2 is 2.17 bits per heavy atom. The number of amides is 1. The van der Waals surface area contributed by atoms with Crippen molar-refractivity contribution in [2.75, 3.05) is 19.6 Å². The third-order valence-electron chi connectivity index (χ3n) is 4.63. The molecule has 1 saturated heterocycles. The van der Waals surface area contributed by atoms with Crippen molar-refractivity contribution in [1.29, 1.82) is 0 Å². The zero-order chi connectivity index (χ0) is 15.9. The average molecular weight is 364 g/mol. The number of aromatic nitrogens is 2. The van der Waals surface area contributed by atoms with E-state index in [2.05, 4.69) is 9.71 Å². The summed E-state index contributed by atoms with van der Waals surface area (Å²) < 4.78 is 27.9. The molecule has 2 heterocycles. The molecule has 1 amide bonds. The van der Waals surface area contributed by atoms with E-state index in [-0.39, 0.29) is 35.9 Å². The fraction of sp³-hybridized carbons (Fsp3) is 0.692. The second-order valence-electron chi connectivity index (χ2n) is 6.17. The van der Waals surface area contributed by atoms with Crippen molar-refractivity contribution in [3.63, 3.8) is 0 Å². The minimum absolute atomic E-state index is 0. The third-order valence-corrected chi connectivity index (χ3v) is 5.92. The summed E-state index contributed by atoms with van der Waals surface area (Å²) >= 11 is 0. The van der Waals surface area contributed by atoms with Gasteiger partial charge in [0, 0.05) is 32.4 Å². The summed E-state index contributed by atoms with van der Waals surface area (Å²) in [6.45, 7) is 1.08. The second-order valence-corrected chi connectivity index (χ2v) is 7.88. The summed E-state index contributed by atoms with van der Waals surface area (Å²) in [4.78, 5) is 17.7. The molecule has 1 saturated carbocycles. The van der Waals surface area contributed by atoms with Crippen LogP contribution in [0.2, 0.25) is 0 Å². The first-order valence-corrected chi connectivity index (χ1v) is 8.86. The van der Waals surface area contributed by atoms with E-state index in [0.717, 1.165) is 12.8 Å². The van der Waals surface area contributed by atoms with Crippen molar-refractivity contribution in [2.24, 2.45) is 24.6 Å². The predicted octanol–water partition coefficient (Wildman–Crippen LogP) is -0.684. The van der Waals surface area contributed by atoms with Crippen molar-refractivity contribution in [2.45, 2.75) is 23.9 Å². The standard InChI is InChI=1S/C13H21N5O3S.ClH/c1-17-7-12(15-8-17)22(20,21)16-4-13(19)18-5-9-2-3-11(14)10(9)6-18;/h7-11,16H,2-6,14H2,1H3;1H. The Bertz CT molecular complexity index is 677. The molecule has 1 aromatic heterocycles. The van der Waals surface area contributed by atoms with E-state index in [9.17, 15) is 13.2 Å². The number of hydrogen-bond donors (Lipinski definition) is 2. The average Bonchev–Trinajstić information content (AvgIpc) is 3.14. The Balaban J connectivity index is 0.00000192. The van der Waals surface area contributed by atoms with Gasteiger partial charge in [-0.3, -0.25) is 4.79 Å². The minimum Gasteiger partial charge on any atom is -0.341 e. The Hall–Kier alpha value is -1.16. The number of nitrogens with zero attached hydrogens (tertiary/aromatic N) is 3. The molecule has 23 heavy (non-hydrogen) atoms. The molecular weight excluding hydrogens is 342 g/mol. The molecule has 10 heteroatoms. The molecule has 1 aliphatic carbocycles. The number of fused-ring (bicyclic) bond motifs is 1. The highest BCUT2D eigenvalue weighted by Crippen LogP contribution is 2.36. The van der Waals surface area contributed by atoms with Crippen LogP contribution in [0.4, 0.5) is 0 Å². The molecule has 0 aromatic carbocycles. The van der Waals surface area contributed by atoms with E-state index in [1.807, 2.05) is 0 Å². The van der Waals surface area contributed by atoms with Crippen molar-refractivity contribution in [3.8, 4) is 0 Å². The van der Waals surface area contributed by atoms with Crippen LogP contribution >= 0.6 is 12.4 Å². The van der Waals surface area contributed by atoms with Crippen molar-refractivity contribution in [3.05, 3.63) is 12.5 Å². The predicted molar refractivity (Wildman–Crippen MR) is 86.4 cm³/mol. The summed E-state index contributed by atoms with van der Waals surface area (Å²) in [5.74, 6) is 0.615.